The maximum atomic E-state index is 12.7. The van der Waals surface area contributed by atoms with Crippen molar-refractivity contribution in [1.82, 2.24) is 9.97 Å². The average Bonchev–Trinajstić information content (AvgIpc) is 3.32. The van der Waals surface area contributed by atoms with Crippen molar-refractivity contribution in [3.05, 3.63) is 88.5 Å². The maximum absolute atomic E-state index is 12.7. The van der Waals surface area contributed by atoms with E-state index < -0.39 is 0 Å². The van der Waals surface area contributed by atoms with E-state index in [-0.39, 0.29) is 5.91 Å². The summed E-state index contributed by atoms with van der Waals surface area (Å²) in [6.45, 7) is 1.94. The van der Waals surface area contributed by atoms with Gasteiger partial charge in [0.2, 0.25) is 0 Å². The van der Waals surface area contributed by atoms with Gasteiger partial charge in [0.1, 0.15) is 17.3 Å². The standard InChI is InChI=1S/C24H17N3O2S/c1-15-18(16-7-10-25-11-8-16)13-19-20(24(28)27-23(19)26-15)14-22-21(9-12-30-22)29-17-5-3-2-4-6-17/h2-14H,1H3,(H,26,27,28). The molecule has 0 saturated carbocycles. The van der Waals surface area contributed by atoms with Crippen LogP contribution in [0.4, 0.5) is 5.82 Å². The fourth-order valence-electron chi connectivity index (χ4n) is 3.42. The summed E-state index contributed by atoms with van der Waals surface area (Å²) in [4.78, 5) is 22.3. The Kier molecular flexibility index (Phi) is 4.61. The number of rotatable bonds is 4. The Morgan fingerprint density at radius 3 is 2.63 bits per heavy atom. The van der Waals surface area contributed by atoms with Crippen molar-refractivity contribution < 1.29 is 9.53 Å². The van der Waals surface area contributed by atoms with Gasteiger partial charge in [0, 0.05) is 29.2 Å². The number of nitrogens with zero attached hydrogens (tertiary/aromatic N) is 2. The Morgan fingerprint density at radius 1 is 1.03 bits per heavy atom. The molecule has 4 heterocycles. The summed E-state index contributed by atoms with van der Waals surface area (Å²) in [7, 11) is 0. The second-order valence-corrected chi connectivity index (χ2v) is 7.78. The number of benzene rings is 1. The lowest BCUT2D eigenvalue weighted by molar-refractivity contribution is -0.110. The minimum atomic E-state index is -0.164. The highest BCUT2D eigenvalue weighted by Gasteiger charge is 2.27. The molecule has 0 atom stereocenters. The predicted molar refractivity (Wildman–Crippen MR) is 120 cm³/mol. The zero-order valence-corrected chi connectivity index (χ0v) is 16.9. The Labute approximate surface area is 177 Å². The number of fused-ring (bicyclic) bond motifs is 1. The number of amides is 1. The molecule has 0 spiro atoms. The van der Waals surface area contributed by atoms with Gasteiger partial charge in [-0.3, -0.25) is 9.78 Å². The van der Waals surface area contributed by atoms with E-state index in [4.69, 9.17) is 4.74 Å². The van der Waals surface area contributed by atoms with Gasteiger partial charge in [-0.05, 0) is 60.3 Å². The van der Waals surface area contributed by atoms with Crippen molar-refractivity contribution in [3.8, 4) is 22.6 Å². The second-order valence-electron chi connectivity index (χ2n) is 6.83. The van der Waals surface area contributed by atoms with Crippen LogP contribution >= 0.6 is 11.3 Å². The molecule has 4 aromatic rings. The fraction of sp³-hybridized carbons (Fsp3) is 0.0417. The van der Waals surface area contributed by atoms with Crippen molar-refractivity contribution in [2.45, 2.75) is 6.92 Å². The summed E-state index contributed by atoms with van der Waals surface area (Å²) in [6.07, 6.45) is 5.37. The van der Waals surface area contributed by atoms with Crippen LogP contribution in [0, 0.1) is 6.92 Å². The third-order valence-corrected chi connectivity index (χ3v) is 5.72. The molecule has 30 heavy (non-hydrogen) atoms. The number of hydrogen-bond acceptors (Lipinski definition) is 5. The van der Waals surface area contributed by atoms with E-state index in [0.717, 1.165) is 38.8 Å². The quantitative estimate of drug-likeness (QED) is 0.431. The molecule has 1 aliphatic heterocycles. The van der Waals surface area contributed by atoms with Gasteiger partial charge in [-0.1, -0.05) is 18.2 Å². The zero-order valence-electron chi connectivity index (χ0n) is 16.1. The molecule has 1 aromatic carbocycles. The molecule has 0 fully saturated rings. The van der Waals surface area contributed by atoms with E-state index in [1.807, 2.05) is 73.0 Å². The van der Waals surface area contributed by atoms with Crippen LogP contribution in [0.5, 0.6) is 11.5 Å². The van der Waals surface area contributed by atoms with Crippen LogP contribution in [-0.2, 0) is 4.79 Å². The molecule has 5 rings (SSSR count). The van der Waals surface area contributed by atoms with E-state index in [1.54, 1.807) is 12.4 Å². The number of thiophene rings is 1. The Bertz CT molecular complexity index is 1260. The van der Waals surface area contributed by atoms with Gasteiger partial charge in [-0.25, -0.2) is 4.98 Å². The molecule has 0 unspecified atom stereocenters. The van der Waals surface area contributed by atoms with Crippen molar-refractivity contribution in [2.24, 2.45) is 0 Å². The van der Waals surface area contributed by atoms with Crippen molar-refractivity contribution in [1.29, 1.82) is 0 Å². The number of anilines is 1. The van der Waals surface area contributed by atoms with Crippen LogP contribution in [0.1, 0.15) is 16.1 Å². The molecule has 1 N–H and O–H groups in total. The smallest absolute Gasteiger partial charge is 0.257 e. The molecule has 0 saturated heterocycles. The summed E-state index contributed by atoms with van der Waals surface area (Å²) in [5.41, 5.74) is 4.21. The molecule has 146 valence electrons. The Morgan fingerprint density at radius 2 is 1.83 bits per heavy atom. The first-order chi connectivity index (χ1) is 14.7. The third kappa shape index (κ3) is 3.38. The minimum Gasteiger partial charge on any atom is -0.456 e. The molecule has 6 heteroatoms. The number of pyridine rings is 2. The van der Waals surface area contributed by atoms with E-state index in [1.165, 1.54) is 11.3 Å². The van der Waals surface area contributed by atoms with Crippen LogP contribution in [0.15, 0.2) is 72.4 Å². The molecule has 5 nitrogen and oxygen atoms in total. The van der Waals surface area contributed by atoms with Crippen LogP contribution in [0.25, 0.3) is 22.8 Å². The predicted octanol–water partition coefficient (Wildman–Crippen LogP) is 5.80. The largest absolute Gasteiger partial charge is 0.456 e. The molecule has 1 amide bonds. The highest BCUT2D eigenvalue weighted by atomic mass is 32.1. The number of aromatic nitrogens is 2. The number of ether oxygens (including phenoxy) is 1. The van der Waals surface area contributed by atoms with E-state index in [2.05, 4.69) is 15.3 Å². The SMILES string of the molecule is Cc1nc2c(cc1-c1ccncc1)C(=Cc1sccc1Oc1ccccc1)C(=O)N2. The van der Waals surface area contributed by atoms with Crippen LogP contribution in [0.2, 0.25) is 0 Å². The Balaban J connectivity index is 1.56. The van der Waals surface area contributed by atoms with E-state index in [9.17, 15) is 4.79 Å². The molecular weight excluding hydrogens is 394 g/mol. The molecule has 3 aromatic heterocycles. The average molecular weight is 411 g/mol. The lowest BCUT2D eigenvalue weighted by Crippen LogP contribution is -2.04. The number of carbonyl (C=O) groups is 1. The first-order valence-electron chi connectivity index (χ1n) is 9.45. The molecule has 1 aliphatic rings. The maximum Gasteiger partial charge on any atom is 0.257 e. The van der Waals surface area contributed by atoms with Gasteiger partial charge >= 0.3 is 0 Å². The molecule has 0 bridgehead atoms. The summed E-state index contributed by atoms with van der Waals surface area (Å²) in [6, 6.07) is 17.4. The number of nitrogens with one attached hydrogen (secondary N) is 1. The number of aryl methyl sites for hydroxylation is 1. The van der Waals surface area contributed by atoms with Crippen molar-refractivity contribution >= 4 is 34.7 Å². The fourth-order valence-corrected chi connectivity index (χ4v) is 4.17. The number of hydrogen-bond donors (Lipinski definition) is 1. The van der Waals surface area contributed by atoms with Gasteiger partial charge in [0.25, 0.3) is 5.91 Å². The topological polar surface area (TPSA) is 64.1 Å². The second kappa shape index (κ2) is 7.57. The summed E-state index contributed by atoms with van der Waals surface area (Å²) in [5.74, 6) is 1.89. The lowest BCUT2D eigenvalue weighted by atomic mass is 10.0. The minimum absolute atomic E-state index is 0.164. The molecular formula is C24H17N3O2S. The van der Waals surface area contributed by atoms with E-state index in [0.29, 0.717) is 11.4 Å². The molecule has 0 aliphatic carbocycles. The molecule has 0 radical (unpaired) electrons. The number of para-hydroxylation sites is 1. The van der Waals surface area contributed by atoms with Gasteiger partial charge in [0.15, 0.2) is 0 Å². The van der Waals surface area contributed by atoms with E-state index >= 15 is 0 Å². The summed E-state index contributed by atoms with van der Waals surface area (Å²) in [5, 5.41) is 4.83. The zero-order chi connectivity index (χ0) is 20.5. The highest BCUT2D eigenvalue weighted by Crippen LogP contribution is 2.39. The lowest BCUT2D eigenvalue weighted by Gasteiger charge is -2.08. The first kappa shape index (κ1) is 18.3. The van der Waals surface area contributed by atoms with Gasteiger partial charge in [-0.15, -0.1) is 11.3 Å². The van der Waals surface area contributed by atoms with Crippen LogP contribution in [0.3, 0.4) is 0 Å². The van der Waals surface area contributed by atoms with Crippen molar-refractivity contribution in [2.75, 3.05) is 5.32 Å². The van der Waals surface area contributed by atoms with Gasteiger partial charge in [-0.2, -0.15) is 0 Å². The summed E-state index contributed by atoms with van der Waals surface area (Å²) < 4.78 is 6.01. The third-order valence-electron chi connectivity index (χ3n) is 4.87. The van der Waals surface area contributed by atoms with Crippen LogP contribution in [-0.4, -0.2) is 15.9 Å². The van der Waals surface area contributed by atoms with Crippen molar-refractivity contribution in [3.63, 3.8) is 0 Å². The summed E-state index contributed by atoms with van der Waals surface area (Å²) >= 11 is 1.53. The normalized spacial score (nSPS) is 13.9. The number of carbonyl (C=O) groups excluding carboxylic acids is 1. The monoisotopic (exact) mass is 411 g/mol. The van der Waals surface area contributed by atoms with Gasteiger partial charge in [0.05, 0.1) is 10.5 Å². The van der Waals surface area contributed by atoms with Crippen LogP contribution < -0.4 is 10.1 Å². The van der Waals surface area contributed by atoms with Gasteiger partial charge < -0.3 is 10.1 Å². The Hall–Kier alpha value is -3.77. The highest BCUT2D eigenvalue weighted by molar-refractivity contribution is 7.11. The first-order valence-corrected chi connectivity index (χ1v) is 10.3.